The van der Waals surface area contributed by atoms with Crippen LogP contribution in [0.1, 0.15) is 83.7 Å². The molecule has 4 aromatic rings. The monoisotopic (exact) mass is 869 g/mol. The summed E-state index contributed by atoms with van der Waals surface area (Å²) in [5, 5.41) is 4.78. The van der Waals surface area contributed by atoms with Gasteiger partial charge in [-0.05, 0) is 85.5 Å². The minimum atomic E-state index is -1.21. The van der Waals surface area contributed by atoms with Gasteiger partial charge in [0.2, 0.25) is 5.91 Å². The van der Waals surface area contributed by atoms with Crippen molar-refractivity contribution < 1.29 is 37.9 Å². The van der Waals surface area contributed by atoms with E-state index in [1.54, 1.807) is 32.4 Å². The number of aromatic nitrogens is 2. The number of cyclic esters (lactones) is 1. The van der Waals surface area contributed by atoms with Crippen LogP contribution in [0.25, 0.3) is 33.3 Å². The van der Waals surface area contributed by atoms with Crippen molar-refractivity contribution in [2.45, 2.75) is 104 Å². The lowest BCUT2D eigenvalue weighted by Crippen LogP contribution is -2.62. The number of nitrogens with one attached hydrogen (secondary N) is 2. The summed E-state index contributed by atoms with van der Waals surface area (Å²) in [6, 6.07) is 15.7. The maximum absolute atomic E-state index is 14.5. The maximum atomic E-state index is 14.5. The molecule has 0 radical (unpaired) electrons. The van der Waals surface area contributed by atoms with Crippen LogP contribution >= 0.6 is 0 Å². The highest BCUT2D eigenvalue weighted by atomic mass is 19.2. The fourth-order valence-corrected chi connectivity index (χ4v) is 8.85. The highest BCUT2D eigenvalue weighted by Gasteiger charge is 2.39. The van der Waals surface area contributed by atoms with Crippen molar-refractivity contribution in [2.75, 3.05) is 47.5 Å². The number of pyridine rings is 1. The van der Waals surface area contributed by atoms with E-state index >= 15 is 0 Å². The van der Waals surface area contributed by atoms with Gasteiger partial charge in [-0.2, -0.15) is 0 Å². The van der Waals surface area contributed by atoms with Gasteiger partial charge in [-0.3, -0.25) is 19.4 Å². The van der Waals surface area contributed by atoms with Crippen LogP contribution in [-0.2, 0) is 48.0 Å². The molecule has 0 spiro atoms. The molecule has 1 saturated heterocycles. The number of likely N-dealkylation sites (N-methyl/N-ethyl adjacent to an activating group) is 1. The molecule has 6 rings (SSSR count). The largest absolute Gasteiger partial charge is 0.465 e. The summed E-state index contributed by atoms with van der Waals surface area (Å²) in [7, 11) is 4.84. The van der Waals surface area contributed by atoms with Gasteiger partial charge >= 0.3 is 12.0 Å². The smallest absolute Gasteiger partial charge is 0.320 e. The Bertz CT molecular complexity index is 2270. The van der Waals surface area contributed by atoms with Crippen molar-refractivity contribution in [1.82, 2.24) is 35.3 Å². The first-order chi connectivity index (χ1) is 30.1. The Morgan fingerprint density at radius 2 is 1.78 bits per heavy atom. The number of fused-ring (bicyclic) bond motifs is 4. The second-order valence-electron chi connectivity index (χ2n) is 18.0. The van der Waals surface area contributed by atoms with Gasteiger partial charge in [-0.1, -0.05) is 63.7 Å². The zero-order valence-electron chi connectivity index (χ0n) is 38.2. The number of aryl methyl sites for hydroxylation is 1. The number of ether oxygens (including phenoxy) is 3. The number of carbonyl (C=O) groups is 4. The van der Waals surface area contributed by atoms with E-state index < -0.39 is 29.3 Å². The molecule has 63 heavy (non-hydrogen) atoms. The van der Waals surface area contributed by atoms with Crippen LogP contribution in [0.5, 0.6) is 0 Å². The van der Waals surface area contributed by atoms with E-state index in [0.29, 0.717) is 32.5 Å². The van der Waals surface area contributed by atoms with Crippen molar-refractivity contribution in [3.8, 4) is 22.4 Å². The number of amides is 4. The average molecular weight is 870 g/mol. The molecule has 2 N–H and O–H groups in total. The van der Waals surface area contributed by atoms with Crippen LogP contribution in [0, 0.1) is 11.3 Å². The Balaban J connectivity index is 1.43. The number of halogens is 1. The van der Waals surface area contributed by atoms with E-state index in [1.807, 2.05) is 51.1 Å². The van der Waals surface area contributed by atoms with Crippen LogP contribution in [-0.4, -0.2) is 114 Å². The molecule has 4 bridgehead atoms. The lowest BCUT2D eigenvalue weighted by atomic mass is 9.84. The van der Waals surface area contributed by atoms with Crippen LogP contribution in [0.2, 0.25) is 0 Å². The molecular weight excluding hydrogens is 806 g/mol. The Morgan fingerprint density at radius 1 is 1.03 bits per heavy atom. The third kappa shape index (κ3) is 10.5. The molecule has 14 nitrogen and oxygen atoms in total. The number of nitrogens with zero attached hydrogens (tertiary/aromatic N) is 5. The van der Waals surface area contributed by atoms with Crippen LogP contribution in [0.15, 0.2) is 60.8 Å². The second kappa shape index (κ2) is 20.4. The SMILES string of the molecule is CCn1c(-c2cccnc2[C@H](C)OC)c2c3cc(ccc31)-c1cccc(c1)C[C@H](NC(=O)C(C(C)C)N(C)C(=O)N1CC(OC)C1)C(=O)N(NF)CCCCC(=O)OCC(C)(C)C2. The van der Waals surface area contributed by atoms with E-state index in [2.05, 4.69) is 54.9 Å². The molecular formula is C48H64FN7O7. The summed E-state index contributed by atoms with van der Waals surface area (Å²) in [5.41, 5.74) is 8.57. The van der Waals surface area contributed by atoms with E-state index in [1.165, 1.54) is 10.5 Å². The minimum Gasteiger partial charge on any atom is -0.465 e. The maximum Gasteiger partial charge on any atom is 0.320 e. The Kier molecular flexibility index (Phi) is 15.3. The van der Waals surface area contributed by atoms with Gasteiger partial charge in [0.25, 0.3) is 5.91 Å². The first-order valence-electron chi connectivity index (χ1n) is 22.0. The molecule has 15 heteroatoms. The second-order valence-corrected chi connectivity index (χ2v) is 18.0. The number of methoxy groups -OCH3 is 2. The lowest BCUT2D eigenvalue weighted by molar-refractivity contribution is -0.147. The summed E-state index contributed by atoms with van der Waals surface area (Å²) in [5.74, 6) is -1.94. The topological polar surface area (TPSA) is 148 Å². The van der Waals surface area contributed by atoms with Crippen molar-refractivity contribution in [1.29, 1.82) is 0 Å². The summed E-state index contributed by atoms with van der Waals surface area (Å²) >= 11 is 0. The van der Waals surface area contributed by atoms with Gasteiger partial charge < -0.3 is 33.9 Å². The minimum absolute atomic E-state index is 0.0343. The number of urea groups is 1. The molecule has 2 aromatic carbocycles. The number of hydrazine groups is 1. The van der Waals surface area contributed by atoms with E-state index in [4.69, 9.17) is 19.2 Å². The zero-order chi connectivity index (χ0) is 45.6. The summed E-state index contributed by atoms with van der Waals surface area (Å²) in [4.78, 5) is 62.9. The molecule has 1 fully saturated rings. The Hall–Kier alpha value is -5.38. The van der Waals surface area contributed by atoms with Gasteiger partial charge in [0, 0.05) is 75.3 Å². The van der Waals surface area contributed by atoms with E-state index in [9.17, 15) is 23.7 Å². The standard InChI is InChI=1S/C48H64FN7O7/c1-10-55-40-20-19-34-25-37(40)38(44(55)36-17-14-21-50-42(36)31(4)61-8)26-48(5,6)29-63-41(57)18-11-12-22-56(52-49)46(59)39(24-32-15-13-16-33(34)23-32)51-45(58)43(30(2)3)53(7)47(60)54-27-35(28-54)62-9/h13-17,19-21,23,25,30-31,35,39,43,52H,10-12,18,22,24,26-29H2,1-9H3,(H,51,58)/t31-,39-,43?/m0/s1. The van der Waals surface area contributed by atoms with Gasteiger partial charge in [0.1, 0.15) is 12.1 Å². The van der Waals surface area contributed by atoms with Crippen molar-refractivity contribution in [3.63, 3.8) is 0 Å². The summed E-state index contributed by atoms with van der Waals surface area (Å²) in [6.07, 6.45) is 2.77. The molecule has 340 valence electrons. The number of rotatable bonds is 10. The number of carbonyl (C=O) groups excluding carboxylic acids is 4. The third-order valence-corrected chi connectivity index (χ3v) is 12.4. The lowest BCUT2D eigenvalue weighted by Gasteiger charge is -2.42. The molecule has 0 saturated carbocycles. The zero-order valence-corrected chi connectivity index (χ0v) is 38.2. The van der Waals surface area contributed by atoms with E-state index in [-0.39, 0.29) is 62.5 Å². The van der Waals surface area contributed by atoms with Crippen LogP contribution < -0.4 is 11.0 Å². The normalized spacial score (nSPS) is 18.8. The number of hydrogen-bond donors (Lipinski definition) is 2. The summed E-state index contributed by atoms with van der Waals surface area (Å²) < 4.78 is 33.9. The predicted octanol–water partition coefficient (Wildman–Crippen LogP) is 7.05. The molecule has 1 unspecified atom stereocenters. The number of benzene rings is 2. The van der Waals surface area contributed by atoms with Gasteiger partial charge in [-0.15, -0.1) is 4.48 Å². The molecule has 4 amide bonds. The Morgan fingerprint density at radius 3 is 2.46 bits per heavy atom. The number of hydrogen-bond acceptors (Lipinski definition) is 9. The third-order valence-electron chi connectivity index (χ3n) is 12.4. The molecule has 2 aliphatic heterocycles. The molecule has 2 aliphatic rings. The quantitative estimate of drug-likeness (QED) is 0.127. The van der Waals surface area contributed by atoms with Gasteiger partial charge in [0.15, 0.2) is 0 Å². The molecule has 4 heterocycles. The fourth-order valence-electron chi connectivity index (χ4n) is 8.85. The van der Waals surface area contributed by atoms with Gasteiger partial charge in [-0.25, -0.2) is 9.80 Å². The van der Waals surface area contributed by atoms with Crippen molar-refractivity contribution >= 4 is 34.7 Å². The number of esters is 1. The fraction of sp³-hybridized carbons (Fsp3) is 0.521. The van der Waals surface area contributed by atoms with Crippen LogP contribution in [0.4, 0.5) is 9.28 Å². The average Bonchev–Trinajstić information content (AvgIpc) is 3.55. The summed E-state index contributed by atoms with van der Waals surface area (Å²) in [6.45, 7) is 13.6. The van der Waals surface area contributed by atoms with E-state index in [0.717, 1.165) is 55.1 Å². The predicted molar refractivity (Wildman–Crippen MR) is 240 cm³/mol. The molecule has 3 atom stereocenters. The van der Waals surface area contributed by atoms with Crippen LogP contribution in [0.3, 0.4) is 0 Å². The van der Waals surface area contributed by atoms with Gasteiger partial charge in [0.05, 0.1) is 43.3 Å². The number of likely N-dealkylation sites (tertiary alicyclic amines) is 1. The molecule has 2 aromatic heterocycles. The highest BCUT2D eigenvalue weighted by molar-refractivity contribution is 5.96. The first kappa shape index (κ1) is 47.1. The first-order valence-corrected chi connectivity index (χ1v) is 22.0. The molecule has 0 aliphatic carbocycles. The Labute approximate surface area is 370 Å². The van der Waals surface area contributed by atoms with Crippen molar-refractivity contribution in [3.05, 3.63) is 77.6 Å². The van der Waals surface area contributed by atoms with Crippen molar-refractivity contribution in [2.24, 2.45) is 11.3 Å². The highest BCUT2D eigenvalue weighted by Crippen LogP contribution is 2.42.